The van der Waals surface area contributed by atoms with Crippen molar-refractivity contribution >= 4 is 28.2 Å². The Bertz CT molecular complexity index is 965. The quantitative estimate of drug-likeness (QED) is 0.409. The molecule has 4 heteroatoms. The summed E-state index contributed by atoms with van der Waals surface area (Å²) in [6.45, 7) is 3.04. The molecular formula is C24H27N3O. The molecule has 0 aliphatic heterocycles. The van der Waals surface area contributed by atoms with Crippen molar-refractivity contribution in [3.8, 4) is 0 Å². The monoisotopic (exact) mass is 373 g/mol. The molecular weight excluding hydrogens is 346 g/mol. The zero-order valence-corrected chi connectivity index (χ0v) is 16.6. The fourth-order valence-electron chi connectivity index (χ4n) is 3.19. The summed E-state index contributed by atoms with van der Waals surface area (Å²) in [7, 11) is 2.03. The van der Waals surface area contributed by atoms with E-state index in [2.05, 4.69) is 34.3 Å². The third kappa shape index (κ3) is 4.97. The summed E-state index contributed by atoms with van der Waals surface area (Å²) >= 11 is 0. The zero-order valence-electron chi connectivity index (χ0n) is 16.6. The molecule has 3 aromatic rings. The van der Waals surface area contributed by atoms with Crippen molar-refractivity contribution in [2.24, 2.45) is 0 Å². The Balaban J connectivity index is 1.71. The molecule has 0 aliphatic carbocycles. The van der Waals surface area contributed by atoms with Crippen LogP contribution >= 0.6 is 0 Å². The van der Waals surface area contributed by atoms with E-state index in [0.717, 1.165) is 42.4 Å². The fourth-order valence-corrected chi connectivity index (χ4v) is 3.19. The second-order valence-electron chi connectivity index (χ2n) is 6.83. The SMILES string of the molecule is CCC=CCCCN(C)c1ccccc1C(=O)Nc1cnc2ccccc2c1. The summed E-state index contributed by atoms with van der Waals surface area (Å²) in [5.74, 6) is -0.120. The number of aromatic nitrogens is 1. The van der Waals surface area contributed by atoms with Crippen LogP contribution in [0.15, 0.2) is 72.9 Å². The number of nitrogens with zero attached hydrogens (tertiary/aromatic N) is 2. The van der Waals surface area contributed by atoms with Crippen molar-refractivity contribution in [2.75, 3.05) is 23.8 Å². The first-order chi connectivity index (χ1) is 13.7. The molecule has 1 N–H and O–H groups in total. The third-order valence-corrected chi connectivity index (χ3v) is 4.67. The molecule has 0 aliphatic rings. The highest BCUT2D eigenvalue weighted by atomic mass is 16.1. The van der Waals surface area contributed by atoms with Crippen LogP contribution in [0.25, 0.3) is 10.9 Å². The average Bonchev–Trinajstić information content (AvgIpc) is 2.73. The van der Waals surface area contributed by atoms with Gasteiger partial charge in [-0.3, -0.25) is 9.78 Å². The highest BCUT2D eigenvalue weighted by Gasteiger charge is 2.14. The summed E-state index contributed by atoms with van der Waals surface area (Å²) in [6, 6.07) is 17.6. The van der Waals surface area contributed by atoms with Crippen molar-refractivity contribution in [2.45, 2.75) is 26.2 Å². The van der Waals surface area contributed by atoms with E-state index < -0.39 is 0 Å². The molecule has 0 saturated heterocycles. The summed E-state index contributed by atoms with van der Waals surface area (Å²) in [4.78, 5) is 19.5. The van der Waals surface area contributed by atoms with Crippen LogP contribution in [0.5, 0.6) is 0 Å². The van der Waals surface area contributed by atoms with Crippen molar-refractivity contribution in [3.05, 3.63) is 78.5 Å². The third-order valence-electron chi connectivity index (χ3n) is 4.67. The number of para-hydroxylation sites is 2. The van der Waals surface area contributed by atoms with E-state index in [1.54, 1.807) is 6.20 Å². The molecule has 28 heavy (non-hydrogen) atoms. The molecule has 0 saturated carbocycles. The van der Waals surface area contributed by atoms with Gasteiger partial charge >= 0.3 is 0 Å². The molecule has 1 heterocycles. The Kier molecular flexibility index (Phi) is 6.79. The number of unbranched alkanes of at least 4 members (excludes halogenated alkanes) is 1. The summed E-state index contributed by atoms with van der Waals surface area (Å²) < 4.78 is 0. The second kappa shape index (κ2) is 9.70. The number of carbonyl (C=O) groups is 1. The van der Waals surface area contributed by atoms with E-state index in [0.29, 0.717) is 11.3 Å². The first-order valence-corrected chi connectivity index (χ1v) is 9.80. The van der Waals surface area contributed by atoms with E-state index in [-0.39, 0.29) is 5.91 Å². The van der Waals surface area contributed by atoms with Crippen LogP contribution in [0.1, 0.15) is 36.5 Å². The standard InChI is InChI=1S/C24H27N3O/c1-3-4-5-6-11-16-27(2)23-15-10-8-13-21(23)24(28)26-20-17-19-12-7-9-14-22(19)25-18-20/h4-5,7-10,12-15,17-18H,3,6,11,16H2,1-2H3,(H,26,28). The minimum absolute atomic E-state index is 0.120. The van der Waals surface area contributed by atoms with Crippen LogP contribution in [0.4, 0.5) is 11.4 Å². The van der Waals surface area contributed by atoms with Crippen molar-refractivity contribution < 1.29 is 4.79 Å². The van der Waals surface area contributed by atoms with Gasteiger partial charge in [0.05, 0.1) is 23.0 Å². The van der Waals surface area contributed by atoms with Crippen LogP contribution in [0.2, 0.25) is 0 Å². The Morgan fingerprint density at radius 3 is 2.75 bits per heavy atom. The summed E-state index contributed by atoms with van der Waals surface area (Å²) in [5, 5.41) is 4.00. The zero-order chi connectivity index (χ0) is 19.8. The molecule has 2 aromatic carbocycles. The van der Waals surface area contributed by atoms with Crippen molar-refractivity contribution in [1.82, 2.24) is 4.98 Å². The van der Waals surface area contributed by atoms with Crippen molar-refractivity contribution in [1.29, 1.82) is 0 Å². The summed E-state index contributed by atoms with van der Waals surface area (Å²) in [6.07, 6.45) is 9.29. The minimum atomic E-state index is -0.120. The second-order valence-corrected chi connectivity index (χ2v) is 6.83. The van der Waals surface area contributed by atoms with Gasteiger partial charge in [0.2, 0.25) is 0 Å². The number of amides is 1. The number of allylic oxidation sites excluding steroid dienone is 2. The Labute approximate surface area is 166 Å². The van der Waals surface area contributed by atoms with Crippen LogP contribution in [0.3, 0.4) is 0 Å². The van der Waals surface area contributed by atoms with Gasteiger partial charge in [-0.15, -0.1) is 0 Å². The Morgan fingerprint density at radius 1 is 1.11 bits per heavy atom. The number of hydrogen-bond acceptors (Lipinski definition) is 3. The van der Waals surface area contributed by atoms with E-state index in [1.165, 1.54) is 0 Å². The number of benzene rings is 2. The van der Waals surface area contributed by atoms with Gasteiger partial charge in [0.25, 0.3) is 5.91 Å². The molecule has 4 nitrogen and oxygen atoms in total. The van der Waals surface area contributed by atoms with Gasteiger partial charge in [0.15, 0.2) is 0 Å². The first kappa shape index (κ1) is 19.6. The van der Waals surface area contributed by atoms with Crippen LogP contribution < -0.4 is 10.2 Å². The molecule has 0 atom stereocenters. The molecule has 0 spiro atoms. The molecule has 144 valence electrons. The van der Waals surface area contributed by atoms with Crippen molar-refractivity contribution in [3.63, 3.8) is 0 Å². The number of hydrogen-bond donors (Lipinski definition) is 1. The van der Waals surface area contributed by atoms with E-state index in [4.69, 9.17) is 0 Å². The van der Waals surface area contributed by atoms with Gasteiger partial charge in [0.1, 0.15) is 0 Å². The van der Waals surface area contributed by atoms with Crippen LogP contribution in [0, 0.1) is 0 Å². The van der Waals surface area contributed by atoms with E-state index in [1.807, 2.05) is 61.6 Å². The Morgan fingerprint density at radius 2 is 1.89 bits per heavy atom. The predicted molar refractivity (Wildman–Crippen MR) is 118 cm³/mol. The molecule has 1 amide bonds. The average molecular weight is 374 g/mol. The molecule has 0 fully saturated rings. The number of carbonyl (C=O) groups excluding carboxylic acids is 1. The molecule has 0 bridgehead atoms. The highest BCUT2D eigenvalue weighted by Crippen LogP contribution is 2.22. The van der Waals surface area contributed by atoms with Gasteiger partial charge < -0.3 is 10.2 Å². The van der Waals surface area contributed by atoms with Gasteiger partial charge in [0, 0.05) is 24.7 Å². The number of rotatable bonds is 8. The minimum Gasteiger partial charge on any atom is -0.374 e. The van der Waals surface area contributed by atoms with Gasteiger partial charge in [-0.25, -0.2) is 0 Å². The topological polar surface area (TPSA) is 45.2 Å². The lowest BCUT2D eigenvalue weighted by Gasteiger charge is -2.22. The van der Waals surface area contributed by atoms with Gasteiger partial charge in [-0.1, -0.05) is 49.4 Å². The van der Waals surface area contributed by atoms with Gasteiger partial charge in [-0.05, 0) is 43.5 Å². The number of fused-ring (bicyclic) bond motifs is 1. The first-order valence-electron chi connectivity index (χ1n) is 9.80. The van der Waals surface area contributed by atoms with Crippen LogP contribution in [-0.4, -0.2) is 24.5 Å². The lowest BCUT2D eigenvalue weighted by atomic mass is 10.1. The number of pyridine rings is 1. The molecule has 0 radical (unpaired) electrons. The van der Waals surface area contributed by atoms with E-state index >= 15 is 0 Å². The largest absolute Gasteiger partial charge is 0.374 e. The predicted octanol–water partition coefficient (Wildman–Crippen LogP) is 5.67. The Hall–Kier alpha value is -3.14. The molecule has 1 aromatic heterocycles. The van der Waals surface area contributed by atoms with E-state index in [9.17, 15) is 4.79 Å². The number of nitrogens with one attached hydrogen (secondary N) is 1. The maximum absolute atomic E-state index is 12.9. The highest BCUT2D eigenvalue weighted by molar-refractivity contribution is 6.08. The van der Waals surface area contributed by atoms with Crippen LogP contribution in [-0.2, 0) is 0 Å². The van der Waals surface area contributed by atoms with Gasteiger partial charge in [-0.2, -0.15) is 0 Å². The molecule has 3 rings (SSSR count). The maximum atomic E-state index is 12.9. The smallest absolute Gasteiger partial charge is 0.257 e. The fraction of sp³-hybridized carbons (Fsp3) is 0.250. The lowest BCUT2D eigenvalue weighted by Crippen LogP contribution is -2.23. The molecule has 0 unspecified atom stereocenters. The maximum Gasteiger partial charge on any atom is 0.257 e. The summed E-state index contributed by atoms with van der Waals surface area (Å²) in [5.41, 5.74) is 3.22. The normalized spacial score (nSPS) is 11.1. The number of anilines is 2. The lowest BCUT2D eigenvalue weighted by molar-refractivity contribution is 0.102.